The predicted octanol–water partition coefficient (Wildman–Crippen LogP) is 4.41. The number of carbonyl (C=O) groups excluding carboxylic acids is 1. The summed E-state index contributed by atoms with van der Waals surface area (Å²) in [5, 5.41) is 10.1. The van der Waals surface area contributed by atoms with Crippen LogP contribution in [0.5, 0.6) is 0 Å². The van der Waals surface area contributed by atoms with Crippen molar-refractivity contribution in [3.63, 3.8) is 0 Å². The van der Waals surface area contributed by atoms with Crippen LogP contribution in [0, 0.1) is 17.8 Å². The van der Waals surface area contributed by atoms with Crippen molar-refractivity contribution in [2.45, 2.75) is 89.9 Å². The van der Waals surface area contributed by atoms with Crippen LogP contribution in [0.25, 0.3) is 0 Å². The number of hydrogen-bond acceptors (Lipinski definition) is 4. The summed E-state index contributed by atoms with van der Waals surface area (Å²) in [6.45, 7) is 11.9. The van der Waals surface area contributed by atoms with Crippen LogP contribution >= 0.6 is 0 Å². The lowest BCUT2D eigenvalue weighted by Gasteiger charge is -2.49. The SMILES string of the molecule is C=C(C)C(=O)OC1CC2CC1C(C(C)(C)OC(C)(C)C(C)(O)C(F)(F)F)C2. The normalized spacial score (nSPS) is 30.9. The fraction of sp³-hybridized carbons (Fsp3) is 0.850. The molecule has 0 radical (unpaired) electrons. The molecule has 2 aliphatic rings. The minimum absolute atomic E-state index is 0.0277. The zero-order chi connectivity index (χ0) is 21.0. The Morgan fingerprint density at radius 2 is 1.63 bits per heavy atom. The Bertz CT molecular complexity index is 607. The van der Waals surface area contributed by atoms with E-state index in [0.717, 1.165) is 26.2 Å². The molecule has 7 heteroatoms. The van der Waals surface area contributed by atoms with E-state index in [4.69, 9.17) is 9.47 Å². The Morgan fingerprint density at radius 1 is 1.07 bits per heavy atom. The van der Waals surface area contributed by atoms with Gasteiger partial charge in [0.15, 0.2) is 5.60 Å². The number of alkyl halides is 3. The maximum absolute atomic E-state index is 13.3. The lowest BCUT2D eigenvalue weighted by atomic mass is 9.75. The van der Waals surface area contributed by atoms with Gasteiger partial charge in [0.2, 0.25) is 0 Å². The van der Waals surface area contributed by atoms with Gasteiger partial charge in [0.25, 0.3) is 0 Å². The van der Waals surface area contributed by atoms with E-state index in [0.29, 0.717) is 11.5 Å². The molecule has 2 saturated carbocycles. The molecular formula is C20H31F3O4. The maximum Gasteiger partial charge on any atom is 0.419 e. The average molecular weight is 392 g/mol. The summed E-state index contributed by atoms with van der Waals surface area (Å²) in [4.78, 5) is 11.9. The van der Waals surface area contributed by atoms with Gasteiger partial charge in [0, 0.05) is 11.5 Å². The molecule has 0 aromatic rings. The first-order valence-corrected chi connectivity index (χ1v) is 9.35. The van der Waals surface area contributed by atoms with Crippen LogP contribution in [-0.4, -0.2) is 40.2 Å². The number of rotatable bonds is 6. The first-order chi connectivity index (χ1) is 12.0. The van der Waals surface area contributed by atoms with Crippen molar-refractivity contribution in [2.24, 2.45) is 17.8 Å². The van der Waals surface area contributed by atoms with Gasteiger partial charge in [-0.1, -0.05) is 6.58 Å². The third-order valence-corrected chi connectivity index (χ3v) is 6.50. The molecule has 2 fully saturated rings. The van der Waals surface area contributed by atoms with Gasteiger partial charge in [-0.05, 0) is 72.6 Å². The summed E-state index contributed by atoms with van der Waals surface area (Å²) >= 11 is 0. The lowest BCUT2D eigenvalue weighted by Crippen LogP contribution is -2.62. The topological polar surface area (TPSA) is 55.8 Å². The third kappa shape index (κ3) is 4.04. The van der Waals surface area contributed by atoms with Gasteiger partial charge in [-0.3, -0.25) is 0 Å². The monoisotopic (exact) mass is 392 g/mol. The second-order valence-corrected chi connectivity index (χ2v) is 9.35. The quantitative estimate of drug-likeness (QED) is 0.537. The average Bonchev–Trinajstić information content (AvgIpc) is 3.04. The highest BCUT2D eigenvalue weighted by Crippen LogP contribution is 2.55. The summed E-state index contributed by atoms with van der Waals surface area (Å²) in [5.41, 5.74) is -5.44. The van der Waals surface area contributed by atoms with Gasteiger partial charge in [-0.15, -0.1) is 0 Å². The highest BCUT2D eigenvalue weighted by molar-refractivity contribution is 5.87. The van der Waals surface area contributed by atoms with Crippen LogP contribution in [0.2, 0.25) is 0 Å². The summed E-state index contributed by atoms with van der Waals surface area (Å²) < 4.78 is 51.4. The van der Waals surface area contributed by atoms with Crippen LogP contribution in [0.4, 0.5) is 13.2 Å². The van der Waals surface area contributed by atoms with Gasteiger partial charge in [0.05, 0.1) is 5.60 Å². The molecule has 0 aromatic heterocycles. The summed E-state index contributed by atoms with van der Waals surface area (Å²) in [6.07, 6.45) is -2.65. The summed E-state index contributed by atoms with van der Waals surface area (Å²) in [7, 11) is 0. The largest absolute Gasteiger partial charge is 0.459 e. The number of esters is 1. The Hall–Kier alpha value is -1.08. The molecule has 0 spiro atoms. The van der Waals surface area contributed by atoms with Crippen LogP contribution in [0.15, 0.2) is 12.2 Å². The molecule has 0 saturated heterocycles. The van der Waals surface area contributed by atoms with Gasteiger partial charge in [-0.25, -0.2) is 4.79 Å². The minimum Gasteiger partial charge on any atom is -0.459 e. The molecule has 4 nitrogen and oxygen atoms in total. The van der Waals surface area contributed by atoms with Gasteiger partial charge in [0.1, 0.15) is 11.7 Å². The zero-order valence-corrected chi connectivity index (χ0v) is 16.9. The van der Waals surface area contributed by atoms with Crippen molar-refractivity contribution in [1.29, 1.82) is 0 Å². The maximum atomic E-state index is 13.3. The van der Waals surface area contributed by atoms with Crippen molar-refractivity contribution in [1.82, 2.24) is 0 Å². The molecule has 2 rings (SSSR count). The van der Waals surface area contributed by atoms with E-state index >= 15 is 0 Å². The summed E-state index contributed by atoms with van der Waals surface area (Å²) in [6, 6.07) is 0. The van der Waals surface area contributed by atoms with Crippen molar-refractivity contribution < 1.29 is 32.5 Å². The predicted molar refractivity (Wildman–Crippen MR) is 94.9 cm³/mol. The Kier molecular flexibility index (Phi) is 5.56. The molecule has 0 aromatic carbocycles. The minimum atomic E-state index is -4.82. The van der Waals surface area contributed by atoms with E-state index in [-0.39, 0.29) is 17.9 Å². The van der Waals surface area contributed by atoms with Crippen LogP contribution in [-0.2, 0) is 14.3 Å². The van der Waals surface area contributed by atoms with Gasteiger partial charge >= 0.3 is 12.1 Å². The zero-order valence-electron chi connectivity index (χ0n) is 16.9. The van der Waals surface area contributed by atoms with Crippen LogP contribution in [0.1, 0.15) is 60.8 Å². The smallest absolute Gasteiger partial charge is 0.419 e. The third-order valence-electron chi connectivity index (χ3n) is 6.50. The van der Waals surface area contributed by atoms with Crippen molar-refractivity contribution in [2.75, 3.05) is 0 Å². The van der Waals surface area contributed by atoms with E-state index in [1.807, 2.05) is 0 Å². The number of aliphatic hydroxyl groups is 1. The molecule has 2 aliphatic carbocycles. The highest BCUT2D eigenvalue weighted by Gasteiger charge is 2.62. The fourth-order valence-corrected chi connectivity index (χ4v) is 4.63. The van der Waals surface area contributed by atoms with Crippen molar-refractivity contribution in [3.8, 4) is 0 Å². The molecule has 0 aliphatic heterocycles. The van der Waals surface area contributed by atoms with E-state index in [1.165, 1.54) is 13.8 Å². The molecule has 5 unspecified atom stereocenters. The second-order valence-electron chi connectivity index (χ2n) is 9.35. The molecule has 0 amide bonds. The van der Waals surface area contributed by atoms with E-state index in [9.17, 15) is 23.1 Å². The first-order valence-electron chi connectivity index (χ1n) is 9.35. The molecule has 27 heavy (non-hydrogen) atoms. The number of ether oxygens (including phenoxy) is 2. The first kappa shape index (κ1) is 22.2. The number of hydrogen-bond donors (Lipinski definition) is 1. The van der Waals surface area contributed by atoms with Crippen molar-refractivity contribution >= 4 is 5.97 Å². The van der Waals surface area contributed by atoms with E-state index in [1.54, 1.807) is 20.8 Å². The second kappa shape index (κ2) is 6.76. The fourth-order valence-electron chi connectivity index (χ4n) is 4.63. The Morgan fingerprint density at radius 3 is 2.07 bits per heavy atom. The molecule has 2 bridgehead atoms. The van der Waals surface area contributed by atoms with Crippen LogP contribution in [0.3, 0.4) is 0 Å². The Labute approximate surface area is 159 Å². The standard InChI is InChI=1S/C20H31F3O4/c1-11(2)16(24)26-15-10-12-8-13(15)14(9-12)17(3,4)27-18(5,6)19(7,25)20(21,22)23/h12-15,25H,1,8-10H2,2-7H3. The number of carbonyl (C=O) groups is 1. The molecular weight excluding hydrogens is 361 g/mol. The van der Waals surface area contributed by atoms with Gasteiger partial charge in [-0.2, -0.15) is 13.2 Å². The number of halogens is 3. The van der Waals surface area contributed by atoms with E-state index < -0.39 is 28.9 Å². The van der Waals surface area contributed by atoms with Gasteiger partial charge < -0.3 is 14.6 Å². The molecule has 156 valence electrons. The summed E-state index contributed by atoms with van der Waals surface area (Å²) in [5.74, 6) is -0.121. The van der Waals surface area contributed by atoms with E-state index in [2.05, 4.69) is 6.58 Å². The molecule has 0 heterocycles. The highest BCUT2D eigenvalue weighted by atomic mass is 19.4. The number of fused-ring (bicyclic) bond motifs is 2. The Balaban J connectivity index is 2.17. The lowest BCUT2D eigenvalue weighted by molar-refractivity contribution is -0.332. The van der Waals surface area contributed by atoms with Crippen molar-refractivity contribution in [3.05, 3.63) is 12.2 Å². The molecule has 1 N–H and O–H groups in total. The molecule has 5 atom stereocenters. The van der Waals surface area contributed by atoms with Crippen LogP contribution < -0.4 is 0 Å².